The summed E-state index contributed by atoms with van der Waals surface area (Å²) in [6.45, 7) is 1.67. The predicted molar refractivity (Wildman–Crippen MR) is 64.9 cm³/mol. The zero-order valence-electron chi connectivity index (χ0n) is 11.2. The molecular formula is C11H9N4NaO3S. The average molecular weight is 300 g/mol. The molecule has 0 aliphatic carbocycles. The monoisotopic (exact) mass is 300 g/mol. The maximum Gasteiger partial charge on any atom is 1.00 e. The molecule has 2 aliphatic rings. The van der Waals surface area contributed by atoms with E-state index in [4.69, 9.17) is 0 Å². The Hall–Kier alpha value is -1.09. The van der Waals surface area contributed by atoms with Gasteiger partial charge in [-0.05, 0) is 13.0 Å². The normalized spacial score (nSPS) is 22.7. The number of nitrogens with zero attached hydrogens (tertiary/aromatic N) is 4. The van der Waals surface area contributed by atoms with Crippen molar-refractivity contribution in [1.29, 1.82) is 0 Å². The molecule has 1 atom stereocenters. The van der Waals surface area contributed by atoms with Gasteiger partial charge in [-0.3, -0.25) is 14.4 Å². The summed E-state index contributed by atoms with van der Waals surface area (Å²) in [5.74, 6) is -1.64. The van der Waals surface area contributed by atoms with Crippen molar-refractivity contribution in [3.05, 3.63) is 28.1 Å². The van der Waals surface area contributed by atoms with E-state index in [0.717, 1.165) is 0 Å². The summed E-state index contributed by atoms with van der Waals surface area (Å²) in [6.07, 6.45) is 3.32. The minimum atomic E-state index is -1.32. The van der Waals surface area contributed by atoms with E-state index < -0.39 is 5.97 Å². The van der Waals surface area contributed by atoms with Gasteiger partial charge in [-0.1, -0.05) is 17.0 Å². The molecule has 3 heterocycles. The van der Waals surface area contributed by atoms with E-state index in [1.807, 2.05) is 0 Å². The molecule has 1 saturated heterocycles. The molecule has 0 N–H and O–H groups in total. The Morgan fingerprint density at radius 2 is 2.25 bits per heavy atom. The van der Waals surface area contributed by atoms with Crippen molar-refractivity contribution in [2.45, 2.75) is 12.3 Å². The number of β-lactam (4-membered cyclic amide) rings is 1. The summed E-state index contributed by atoms with van der Waals surface area (Å²) < 4.78 is 1.53. The molecule has 0 saturated carbocycles. The van der Waals surface area contributed by atoms with E-state index in [1.54, 1.807) is 26.2 Å². The van der Waals surface area contributed by atoms with Crippen molar-refractivity contribution in [3.8, 4) is 0 Å². The van der Waals surface area contributed by atoms with Crippen LogP contribution in [0.4, 0.5) is 0 Å². The second kappa shape index (κ2) is 5.36. The Labute approximate surface area is 141 Å². The molecule has 98 valence electrons. The first-order valence-electron chi connectivity index (χ1n) is 5.49. The van der Waals surface area contributed by atoms with E-state index >= 15 is 0 Å². The molecule has 1 amide bonds. The van der Waals surface area contributed by atoms with Gasteiger partial charge in [-0.25, -0.2) is 0 Å². The Kier molecular flexibility index (Phi) is 4.10. The van der Waals surface area contributed by atoms with Crippen LogP contribution in [0.1, 0.15) is 12.6 Å². The van der Waals surface area contributed by atoms with Crippen LogP contribution in [-0.2, 0) is 16.6 Å². The van der Waals surface area contributed by atoms with Crippen LogP contribution in [0.25, 0.3) is 6.08 Å². The van der Waals surface area contributed by atoms with Crippen molar-refractivity contribution in [1.82, 2.24) is 19.9 Å². The summed E-state index contributed by atoms with van der Waals surface area (Å²) in [6, 6.07) is 0. The first-order valence-corrected chi connectivity index (χ1v) is 6.37. The first-order chi connectivity index (χ1) is 8.99. The molecule has 3 rings (SSSR count). The van der Waals surface area contributed by atoms with Gasteiger partial charge in [0.1, 0.15) is 11.1 Å². The van der Waals surface area contributed by atoms with E-state index in [9.17, 15) is 14.7 Å². The van der Waals surface area contributed by atoms with E-state index in [-0.39, 0.29) is 46.5 Å². The van der Waals surface area contributed by atoms with E-state index in [0.29, 0.717) is 16.2 Å². The quantitative estimate of drug-likeness (QED) is 0.315. The van der Waals surface area contributed by atoms with Crippen molar-refractivity contribution in [2.24, 2.45) is 7.05 Å². The number of aromatic nitrogens is 3. The summed E-state index contributed by atoms with van der Waals surface area (Å²) >= 11 is 1.33. The maximum atomic E-state index is 12.0. The Morgan fingerprint density at radius 1 is 1.55 bits per heavy atom. The van der Waals surface area contributed by atoms with Gasteiger partial charge in [-0.15, -0.1) is 5.10 Å². The number of rotatable bonds is 2. The van der Waals surface area contributed by atoms with Crippen molar-refractivity contribution >= 4 is 29.7 Å². The van der Waals surface area contributed by atoms with Gasteiger partial charge in [0.15, 0.2) is 0 Å². The van der Waals surface area contributed by atoms with Crippen LogP contribution < -0.4 is 34.7 Å². The Morgan fingerprint density at radius 3 is 2.80 bits per heavy atom. The third-order valence-electron chi connectivity index (χ3n) is 2.95. The number of thioether (sulfide) groups is 1. The number of hydrogen-bond acceptors (Lipinski definition) is 6. The van der Waals surface area contributed by atoms with E-state index in [1.165, 1.54) is 21.3 Å². The molecule has 1 aromatic rings. The first kappa shape index (κ1) is 15.3. The number of carboxylic acid groups (broad SMARTS) is 1. The number of carbonyl (C=O) groups excluding carboxylic acids is 2. The van der Waals surface area contributed by atoms with Crippen LogP contribution in [0.15, 0.2) is 22.4 Å². The third kappa shape index (κ3) is 2.22. The molecule has 7 nitrogen and oxygen atoms in total. The predicted octanol–water partition coefficient (Wildman–Crippen LogP) is -3.90. The number of allylic oxidation sites excluding steroid dienone is 1. The molecule has 0 radical (unpaired) electrons. The number of carboxylic acids is 1. The van der Waals surface area contributed by atoms with Crippen LogP contribution in [0.3, 0.4) is 0 Å². The van der Waals surface area contributed by atoms with E-state index in [2.05, 4.69) is 10.3 Å². The smallest absolute Gasteiger partial charge is 0.543 e. The van der Waals surface area contributed by atoms with Gasteiger partial charge in [0.2, 0.25) is 0 Å². The number of aliphatic carboxylic acids is 1. The fourth-order valence-electron chi connectivity index (χ4n) is 2.12. The second-order valence-electron chi connectivity index (χ2n) is 4.25. The molecule has 9 heteroatoms. The summed E-state index contributed by atoms with van der Waals surface area (Å²) in [5.41, 5.74) is 1.07. The third-order valence-corrected chi connectivity index (χ3v) is 4.18. The fraction of sp³-hybridized carbons (Fsp3) is 0.273. The topological polar surface area (TPSA) is 91.2 Å². The fourth-order valence-corrected chi connectivity index (χ4v) is 3.35. The molecule has 0 bridgehead atoms. The van der Waals surface area contributed by atoms with Crippen LogP contribution in [0.5, 0.6) is 0 Å². The zero-order valence-corrected chi connectivity index (χ0v) is 14.0. The van der Waals surface area contributed by atoms with Gasteiger partial charge < -0.3 is 9.90 Å². The average Bonchev–Trinajstić information content (AvgIpc) is 2.88. The summed E-state index contributed by atoms with van der Waals surface area (Å²) in [5, 5.41) is 18.4. The number of aryl methyl sites for hydroxylation is 1. The number of fused-ring (bicyclic) bond motifs is 1. The zero-order chi connectivity index (χ0) is 13.7. The van der Waals surface area contributed by atoms with Gasteiger partial charge in [0.05, 0.1) is 23.4 Å². The number of amides is 1. The maximum absolute atomic E-state index is 12.0. The van der Waals surface area contributed by atoms with Gasteiger partial charge >= 0.3 is 29.6 Å². The standard InChI is InChI=1S/C11H10N4O3S.Na/c1-5-8(11(17)18)15-9(16)7(10(15)19-5)3-6-4-14(2)13-12-6;/h3-4,10H,1-2H3,(H,17,18);/q;+1/p-1/b7-3+;/t10-;/m1./s1. The molecule has 20 heavy (non-hydrogen) atoms. The second-order valence-corrected chi connectivity index (χ2v) is 5.55. The SMILES string of the molecule is CC1=C(C(=O)[O-])N2C(=O)/C(=C\c3cn(C)nn3)[C@H]2S1.[Na+]. The molecule has 0 spiro atoms. The Bertz CT molecular complexity index is 666. The van der Waals surface area contributed by atoms with Crippen LogP contribution in [0, 0.1) is 0 Å². The molecule has 0 aromatic carbocycles. The van der Waals surface area contributed by atoms with Crippen LogP contribution >= 0.6 is 11.8 Å². The minimum absolute atomic E-state index is 0. The molecule has 1 fully saturated rings. The van der Waals surface area contributed by atoms with Gasteiger partial charge in [0, 0.05) is 12.0 Å². The van der Waals surface area contributed by atoms with Gasteiger partial charge in [0.25, 0.3) is 5.91 Å². The van der Waals surface area contributed by atoms with Crippen LogP contribution in [-0.4, -0.2) is 37.1 Å². The largest absolute Gasteiger partial charge is 1.00 e. The summed E-state index contributed by atoms with van der Waals surface area (Å²) in [4.78, 5) is 24.8. The van der Waals surface area contributed by atoms with Crippen molar-refractivity contribution < 1.29 is 44.3 Å². The molecule has 1 aromatic heterocycles. The molecule has 0 unspecified atom stereocenters. The minimum Gasteiger partial charge on any atom is -0.543 e. The van der Waals surface area contributed by atoms with Crippen LogP contribution in [0.2, 0.25) is 0 Å². The Balaban J connectivity index is 0.00000147. The van der Waals surface area contributed by atoms with Crippen molar-refractivity contribution in [3.63, 3.8) is 0 Å². The molecular weight excluding hydrogens is 291 g/mol. The van der Waals surface area contributed by atoms with Crippen molar-refractivity contribution in [2.75, 3.05) is 0 Å². The summed E-state index contributed by atoms with van der Waals surface area (Å²) in [7, 11) is 1.73. The number of hydrogen-bond donors (Lipinski definition) is 0. The number of carbonyl (C=O) groups is 2. The molecule has 2 aliphatic heterocycles. The van der Waals surface area contributed by atoms with Gasteiger partial charge in [-0.2, -0.15) is 0 Å².